The molecule has 1 saturated heterocycles. The van der Waals surface area contributed by atoms with E-state index in [1.54, 1.807) is 30.6 Å². The van der Waals surface area contributed by atoms with Crippen LogP contribution in [-0.2, 0) is 16.1 Å². The molecule has 3 heterocycles. The minimum atomic E-state index is -0.603. The molecule has 1 amide bonds. The van der Waals surface area contributed by atoms with Crippen molar-refractivity contribution in [3.05, 3.63) is 84.5 Å². The maximum atomic E-state index is 13.2. The van der Waals surface area contributed by atoms with Gasteiger partial charge in [0.15, 0.2) is 10.7 Å². The van der Waals surface area contributed by atoms with Gasteiger partial charge < -0.3 is 10.1 Å². The monoisotopic (exact) mass is 550 g/mol. The zero-order valence-electron chi connectivity index (χ0n) is 20.0. The molecule has 0 unspecified atom stereocenters. The van der Waals surface area contributed by atoms with Crippen LogP contribution in [0.5, 0.6) is 0 Å². The lowest BCUT2D eigenvalue weighted by Crippen LogP contribution is -2.36. The van der Waals surface area contributed by atoms with E-state index in [4.69, 9.17) is 4.74 Å². The van der Waals surface area contributed by atoms with Crippen molar-refractivity contribution in [2.45, 2.75) is 35.5 Å². The average molecular weight is 551 g/mol. The van der Waals surface area contributed by atoms with E-state index in [1.165, 1.54) is 22.8 Å². The second-order valence-electron chi connectivity index (χ2n) is 8.07. The Morgan fingerprint density at radius 3 is 2.87 bits per heavy atom. The molecular formula is C25H22N6O5S2. The molecule has 0 radical (unpaired) electrons. The summed E-state index contributed by atoms with van der Waals surface area (Å²) in [5.41, 5.74) is -0.403. The van der Waals surface area contributed by atoms with Gasteiger partial charge in [0.1, 0.15) is 10.7 Å². The Bertz CT molecular complexity index is 1590. The van der Waals surface area contributed by atoms with Gasteiger partial charge in [0.05, 0.1) is 20.5 Å². The first-order valence-corrected chi connectivity index (χ1v) is 13.1. The molecule has 0 spiro atoms. The highest BCUT2D eigenvalue weighted by molar-refractivity contribution is 7.99. The third-order valence-electron chi connectivity index (χ3n) is 5.51. The number of ether oxygens (including phenoxy) is 1. The fourth-order valence-corrected chi connectivity index (χ4v) is 5.64. The maximum absolute atomic E-state index is 13.2. The molecule has 3 aromatic rings. The first kappa shape index (κ1) is 26.9. The first-order valence-electron chi connectivity index (χ1n) is 11.5. The average Bonchev–Trinajstić information content (AvgIpc) is 3.54. The molecule has 1 aliphatic rings. The second kappa shape index (κ2) is 12.4. The molecule has 4 rings (SSSR count). The van der Waals surface area contributed by atoms with Gasteiger partial charge in [-0.05, 0) is 48.4 Å². The van der Waals surface area contributed by atoms with E-state index in [9.17, 15) is 25.0 Å². The van der Waals surface area contributed by atoms with E-state index in [2.05, 4.69) is 21.9 Å². The smallest absolute Gasteiger partial charge is 0.283 e. The number of hydrogen-bond acceptors (Lipinski definition) is 10. The molecule has 11 nitrogen and oxygen atoms in total. The van der Waals surface area contributed by atoms with Crippen molar-refractivity contribution in [3.8, 4) is 6.07 Å². The number of nitriles is 1. The van der Waals surface area contributed by atoms with Crippen molar-refractivity contribution in [1.82, 2.24) is 19.9 Å². The normalized spacial score (nSPS) is 16.1. The van der Waals surface area contributed by atoms with Crippen LogP contribution in [0, 0.1) is 21.4 Å². The first-order chi connectivity index (χ1) is 18.4. The zero-order chi connectivity index (χ0) is 27.1. The Morgan fingerprint density at radius 1 is 1.42 bits per heavy atom. The van der Waals surface area contributed by atoms with Gasteiger partial charge in [-0.15, -0.1) is 17.9 Å². The number of allylic oxidation sites excluding steroid dienone is 1. The van der Waals surface area contributed by atoms with Crippen LogP contribution in [0.2, 0.25) is 0 Å². The molecule has 0 bridgehead atoms. The van der Waals surface area contributed by atoms with Crippen LogP contribution in [0.4, 0.5) is 5.69 Å². The number of aromatic nitrogens is 3. The zero-order valence-corrected chi connectivity index (χ0v) is 21.7. The van der Waals surface area contributed by atoms with Crippen LogP contribution < -0.4 is 20.1 Å². The van der Waals surface area contributed by atoms with E-state index in [0.717, 1.165) is 35.9 Å². The number of carbonyl (C=O) groups is 1. The van der Waals surface area contributed by atoms with Crippen molar-refractivity contribution in [2.75, 3.05) is 13.2 Å². The summed E-state index contributed by atoms with van der Waals surface area (Å²) in [5.74, 6) is -0.603. The number of benzene rings is 1. The van der Waals surface area contributed by atoms with Crippen molar-refractivity contribution >= 4 is 46.3 Å². The van der Waals surface area contributed by atoms with E-state index in [1.807, 2.05) is 6.07 Å². The Balaban J connectivity index is 1.74. The standard InChI is InChI=1S/C25H22N6O5S2/c1-2-10-30-23(33)21(37-24(30)18(14-26)22(32)29-15-17-5-3-11-36-17)13-16-6-7-20(19(12-16)31(34)35)38-25-27-8-4-9-28-25/h2,4,6-9,12-13,17H,1,3,5,10-11,15H2,(H,29,32)/b21-13+,24-18+/t17-/m1/s1. The topological polar surface area (TPSA) is 153 Å². The van der Waals surface area contributed by atoms with Gasteiger partial charge in [-0.3, -0.25) is 24.3 Å². The molecule has 38 heavy (non-hydrogen) atoms. The predicted molar refractivity (Wildman–Crippen MR) is 142 cm³/mol. The number of nitrogens with one attached hydrogen (secondary N) is 1. The van der Waals surface area contributed by atoms with Crippen LogP contribution in [0.25, 0.3) is 11.6 Å². The largest absolute Gasteiger partial charge is 0.376 e. The van der Waals surface area contributed by atoms with Gasteiger partial charge in [0.2, 0.25) is 0 Å². The third kappa shape index (κ3) is 6.23. The minimum absolute atomic E-state index is 0.0789. The lowest BCUT2D eigenvalue weighted by Gasteiger charge is -2.10. The van der Waals surface area contributed by atoms with Crippen LogP contribution in [0.3, 0.4) is 0 Å². The SMILES string of the molecule is C=CCn1c(=O)/c(=C\c2ccc(Sc3ncccn3)c([N+](=O)[O-])c2)s/c1=C(\C#N)C(=O)NC[C@H]1CCCO1. The fraction of sp³-hybridized carbons (Fsp3) is 0.240. The van der Waals surface area contributed by atoms with Gasteiger partial charge in [-0.1, -0.05) is 12.1 Å². The van der Waals surface area contributed by atoms with E-state index >= 15 is 0 Å². The highest BCUT2D eigenvalue weighted by atomic mass is 32.2. The van der Waals surface area contributed by atoms with Crippen molar-refractivity contribution in [2.24, 2.45) is 0 Å². The Hall–Kier alpha value is -4.12. The molecule has 1 aliphatic heterocycles. The quantitative estimate of drug-likeness (QED) is 0.182. The Morgan fingerprint density at radius 2 is 2.21 bits per heavy atom. The molecule has 1 fully saturated rings. The fourth-order valence-electron chi connectivity index (χ4n) is 3.74. The molecule has 194 valence electrons. The van der Waals surface area contributed by atoms with E-state index < -0.39 is 16.4 Å². The Labute approximate surface area is 225 Å². The number of rotatable bonds is 9. The van der Waals surface area contributed by atoms with Gasteiger partial charge in [0, 0.05) is 38.2 Å². The summed E-state index contributed by atoms with van der Waals surface area (Å²) in [6, 6.07) is 8.11. The molecule has 0 aliphatic carbocycles. The van der Waals surface area contributed by atoms with Gasteiger partial charge in [-0.25, -0.2) is 9.97 Å². The summed E-state index contributed by atoms with van der Waals surface area (Å²) in [5, 5.41) is 24.6. The highest BCUT2D eigenvalue weighted by Crippen LogP contribution is 2.33. The van der Waals surface area contributed by atoms with Crippen LogP contribution in [0.1, 0.15) is 18.4 Å². The number of amides is 1. The summed E-state index contributed by atoms with van der Waals surface area (Å²) in [7, 11) is 0. The molecule has 0 saturated carbocycles. The summed E-state index contributed by atoms with van der Waals surface area (Å²) < 4.78 is 7.19. The molecule has 2 aromatic heterocycles. The number of thiazole rings is 1. The predicted octanol–water partition coefficient (Wildman–Crippen LogP) is 1.74. The molecule has 13 heteroatoms. The molecular weight excluding hydrogens is 528 g/mol. The lowest BCUT2D eigenvalue weighted by molar-refractivity contribution is -0.387. The van der Waals surface area contributed by atoms with Crippen molar-refractivity contribution in [3.63, 3.8) is 0 Å². The number of carbonyl (C=O) groups excluding carboxylic acids is 1. The molecule has 1 N–H and O–H groups in total. The van der Waals surface area contributed by atoms with Gasteiger partial charge in [0.25, 0.3) is 17.2 Å². The highest BCUT2D eigenvalue weighted by Gasteiger charge is 2.20. The summed E-state index contributed by atoms with van der Waals surface area (Å²) in [4.78, 5) is 45.8. The number of nitro groups is 1. The Kier molecular flexibility index (Phi) is 8.80. The summed E-state index contributed by atoms with van der Waals surface area (Å²) in [6.45, 7) is 4.64. The molecule has 1 atom stereocenters. The summed E-state index contributed by atoms with van der Waals surface area (Å²) >= 11 is 2.01. The minimum Gasteiger partial charge on any atom is -0.376 e. The summed E-state index contributed by atoms with van der Waals surface area (Å²) in [6.07, 6.45) is 7.70. The van der Waals surface area contributed by atoms with Crippen LogP contribution >= 0.6 is 23.1 Å². The number of hydrogen-bond donors (Lipinski definition) is 1. The molecule has 1 aromatic carbocycles. The maximum Gasteiger partial charge on any atom is 0.283 e. The number of nitrogens with zero attached hydrogens (tertiary/aromatic N) is 5. The van der Waals surface area contributed by atoms with Gasteiger partial charge in [-0.2, -0.15) is 5.26 Å². The van der Waals surface area contributed by atoms with Crippen molar-refractivity contribution < 1.29 is 14.5 Å². The second-order valence-corrected chi connectivity index (χ2v) is 10.1. The van der Waals surface area contributed by atoms with E-state index in [0.29, 0.717) is 22.2 Å². The lowest BCUT2D eigenvalue weighted by atomic mass is 10.2. The third-order valence-corrected chi connectivity index (χ3v) is 7.60. The van der Waals surface area contributed by atoms with Crippen LogP contribution in [-0.4, -0.2) is 44.6 Å². The van der Waals surface area contributed by atoms with Crippen LogP contribution in [0.15, 0.2) is 64.2 Å². The number of nitro benzene ring substituents is 1. The van der Waals surface area contributed by atoms with Crippen molar-refractivity contribution in [1.29, 1.82) is 5.26 Å². The van der Waals surface area contributed by atoms with E-state index in [-0.39, 0.29) is 39.6 Å². The van der Waals surface area contributed by atoms with Gasteiger partial charge >= 0.3 is 0 Å².